The smallest absolute Gasteiger partial charge is 0.316 e. The van der Waals surface area contributed by atoms with E-state index in [1.165, 1.54) is 18.9 Å². The molecule has 0 spiro atoms. The second-order valence-corrected chi connectivity index (χ2v) is 3.85. The Balaban J connectivity index is 2.46. The Kier molecular flexibility index (Phi) is 4.17. The summed E-state index contributed by atoms with van der Waals surface area (Å²) < 4.78 is 5.15. The van der Waals surface area contributed by atoms with E-state index >= 15 is 0 Å². The number of nitrogens with zero attached hydrogens (tertiary/aromatic N) is 2. The molecule has 0 amide bonds. The lowest BCUT2D eigenvalue weighted by Gasteiger charge is -1.98. The Morgan fingerprint density at radius 1 is 1.62 bits per heavy atom. The summed E-state index contributed by atoms with van der Waals surface area (Å²) in [4.78, 5) is 18.7. The summed E-state index contributed by atoms with van der Waals surface area (Å²) in [7, 11) is 1.36. The van der Waals surface area contributed by atoms with Crippen LogP contribution in [0.4, 0.5) is 0 Å². The largest absolute Gasteiger partial charge is 0.468 e. The Hall–Kier alpha value is -0.620. The van der Waals surface area contributed by atoms with Crippen molar-refractivity contribution in [2.75, 3.05) is 12.9 Å². The average Bonchev–Trinajstić information content (AvgIpc) is 2.16. The van der Waals surface area contributed by atoms with Gasteiger partial charge in [0.2, 0.25) is 0 Å². The molecular formula is C7H7BrN2O2S. The molecule has 0 aliphatic rings. The minimum Gasteiger partial charge on any atom is -0.468 e. The zero-order valence-electron chi connectivity index (χ0n) is 6.86. The van der Waals surface area contributed by atoms with Crippen molar-refractivity contribution in [2.45, 2.75) is 5.03 Å². The second kappa shape index (κ2) is 5.18. The molecule has 0 aliphatic heterocycles. The number of halogens is 1. The molecule has 6 heteroatoms. The molecule has 0 saturated carbocycles. The third-order valence-electron chi connectivity index (χ3n) is 1.16. The average molecular weight is 263 g/mol. The maximum absolute atomic E-state index is 10.8. The van der Waals surface area contributed by atoms with Crippen molar-refractivity contribution >= 4 is 33.7 Å². The van der Waals surface area contributed by atoms with Crippen LogP contribution in [0, 0.1) is 0 Å². The lowest BCUT2D eigenvalue weighted by Crippen LogP contribution is -2.03. The number of hydrogen-bond acceptors (Lipinski definition) is 5. The number of aromatic nitrogens is 2. The van der Waals surface area contributed by atoms with Gasteiger partial charge in [0.05, 0.1) is 25.3 Å². The molecule has 0 atom stereocenters. The fourth-order valence-corrected chi connectivity index (χ4v) is 1.41. The summed E-state index contributed by atoms with van der Waals surface area (Å²) in [6.07, 6.45) is 3.18. The van der Waals surface area contributed by atoms with Gasteiger partial charge in [-0.25, -0.2) is 9.97 Å². The normalized spacial score (nSPS) is 9.69. The fraction of sp³-hybridized carbons (Fsp3) is 0.286. The molecular weight excluding hydrogens is 256 g/mol. The highest BCUT2D eigenvalue weighted by molar-refractivity contribution is 9.10. The SMILES string of the molecule is COC(=O)CSc1cnc(Br)cn1. The zero-order chi connectivity index (χ0) is 9.68. The molecule has 13 heavy (non-hydrogen) atoms. The number of rotatable bonds is 3. The van der Waals surface area contributed by atoms with Gasteiger partial charge >= 0.3 is 5.97 Å². The highest BCUT2D eigenvalue weighted by Gasteiger charge is 2.02. The van der Waals surface area contributed by atoms with Crippen LogP contribution in [0.15, 0.2) is 22.0 Å². The second-order valence-electron chi connectivity index (χ2n) is 2.04. The van der Waals surface area contributed by atoms with Crippen LogP contribution < -0.4 is 0 Å². The van der Waals surface area contributed by atoms with Gasteiger partial charge in [0.25, 0.3) is 0 Å². The number of methoxy groups -OCH3 is 1. The predicted octanol–water partition coefficient (Wildman–Crippen LogP) is 1.50. The molecule has 0 aromatic carbocycles. The van der Waals surface area contributed by atoms with Crippen LogP contribution in [-0.2, 0) is 9.53 Å². The van der Waals surface area contributed by atoms with E-state index in [1.54, 1.807) is 12.4 Å². The van der Waals surface area contributed by atoms with E-state index < -0.39 is 0 Å². The van der Waals surface area contributed by atoms with Crippen molar-refractivity contribution in [3.05, 3.63) is 17.0 Å². The minimum absolute atomic E-state index is 0.257. The van der Waals surface area contributed by atoms with Crippen LogP contribution in [-0.4, -0.2) is 28.8 Å². The zero-order valence-corrected chi connectivity index (χ0v) is 9.26. The third kappa shape index (κ3) is 3.73. The van der Waals surface area contributed by atoms with E-state index in [2.05, 4.69) is 30.6 Å². The summed E-state index contributed by atoms with van der Waals surface area (Å²) in [5, 5.41) is 0.702. The Morgan fingerprint density at radius 2 is 2.38 bits per heavy atom. The van der Waals surface area contributed by atoms with Gasteiger partial charge in [-0.2, -0.15) is 0 Å². The maximum atomic E-state index is 10.8. The van der Waals surface area contributed by atoms with Gasteiger partial charge in [-0.05, 0) is 15.9 Å². The van der Waals surface area contributed by atoms with Crippen LogP contribution in [0.25, 0.3) is 0 Å². The van der Waals surface area contributed by atoms with Crippen LogP contribution in [0.3, 0.4) is 0 Å². The lowest BCUT2D eigenvalue weighted by molar-refractivity contribution is -0.137. The minimum atomic E-state index is -0.269. The van der Waals surface area contributed by atoms with Gasteiger partial charge in [-0.1, -0.05) is 11.8 Å². The molecule has 0 aliphatic carbocycles. The molecule has 0 fully saturated rings. The summed E-state index contributed by atoms with van der Waals surface area (Å²) in [6, 6.07) is 0. The van der Waals surface area contributed by atoms with Crippen LogP contribution >= 0.6 is 27.7 Å². The standard InChI is InChI=1S/C7H7BrN2O2S/c1-12-7(11)4-13-6-3-9-5(8)2-10-6/h2-3H,4H2,1H3. The third-order valence-corrected chi connectivity index (χ3v) is 2.46. The first-order valence-electron chi connectivity index (χ1n) is 3.39. The molecule has 4 nitrogen and oxygen atoms in total. The summed E-state index contributed by atoms with van der Waals surface area (Å²) >= 11 is 4.46. The molecule has 0 N–H and O–H groups in total. The highest BCUT2D eigenvalue weighted by atomic mass is 79.9. The van der Waals surface area contributed by atoms with Gasteiger partial charge in [-0.15, -0.1) is 0 Å². The first kappa shape index (κ1) is 10.5. The van der Waals surface area contributed by atoms with Crippen LogP contribution in [0.2, 0.25) is 0 Å². The maximum Gasteiger partial charge on any atom is 0.316 e. The van der Waals surface area contributed by atoms with E-state index in [9.17, 15) is 4.79 Å². The number of hydrogen-bond donors (Lipinski definition) is 0. The Morgan fingerprint density at radius 3 is 2.92 bits per heavy atom. The van der Waals surface area contributed by atoms with Crippen molar-refractivity contribution in [1.82, 2.24) is 9.97 Å². The molecule has 0 radical (unpaired) electrons. The summed E-state index contributed by atoms with van der Waals surface area (Å²) in [5.41, 5.74) is 0. The highest BCUT2D eigenvalue weighted by Crippen LogP contribution is 2.14. The van der Waals surface area contributed by atoms with E-state index in [0.29, 0.717) is 9.63 Å². The first-order chi connectivity index (χ1) is 6.22. The van der Waals surface area contributed by atoms with Gasteiger partial charge < -0.3 is 4.74 Å². The number of carbonyl (C=O) groups is 1. The van der Waals surface area contributed by atoms with E-state index in [4.69, 9.17) is 0 Å². The van der Waals surface area contributed by atoms with Crippen LogP contribution in [0.1, 0.15) is 0 Å². The van der Waals surface area contributed by atoms with Gasteiger partial charge in [-0.3, -0.25) is 4.79 Å². The van der Waals surface area contributed by atoms with Crippen LogP contribution in [0.5, 0.6) is 0 Å². The summed E-state index contributed by atoms with van der Waals surface area (Å²) in [6.45, 7) is 0. The molecule has 0 saturated heterocycles. The molecule has 70 valence electrons. The quantitative estimate of drug-likeness (QED) is 0.611. The van der Waals surface area contributed by atoms with Crippen molar-refractivity contribution in [3.63, 3.8) is 0 Å². The predicted molar refractivity (Wildman–Crippen MR) is 52.5 cm³/mol. The van der Waals surface area contributed by atoms with E-state index in [1.807, 2.05) is 0 Å². The van der Waals surface area contributed by atoms with Gasteiger partial charge in [0, 0.05) is 0 Å². The summed E-state index contributed by atoms with van der Waals surface area (Å²) in [5.74, 6) is -0.0120. The van der Waals surface area contributed by atoms with Crippen molar-refractivity contribution in [1.29, 1.82) is 0 Å². The molecule has 0 unspecified atom stereocenters. The molecule has 1 rings (SSSR count). The number of thioether (sulfide) groups is 1. The molecule has 1 aromatic heterocycles. The fourth-order valence-electron chi connectivity index (χ4n) is 0.567. The number of ether oxygens (including phenoxy) is 1. The van der Waals surface area contributed by atoms with E-state index in [-0.39, 0.29) is 11.7 Å². The Bertz CT molecular complexity index is 291. The van der Waals surface area contributed by atoms with Gasteiger partial charge in [0.15, 0.2) is 0 Å². The topological polar surface area (TPSA) is 52.1 Å². The monoisotopic (exact) mass is 262 g/mol. The molecule has 0 bridgehead atoms. The van der Waals surface area contributed by atoms with Crippen molar-refractivity contribution in [2.24, 2.45) is 0 Å². The Labute approximate surface area is 88.2 Å². The molecule has 1 aromatic rings. The molecule has 1 heterocycles. The van der Waals surface area contributed by atoms with Crippen molar-refractivity contribution in [3.8, 4) is 0 Å². The lowest BCUT2D eigenvalue weighted by atomic mass is 10.8. The van der Waals surface area contributed by atoms with Crippen molar-refractivity contribution < 1.29 is 9.53 Å². The first-order valence-corrected chi connectivity index (χ1v) is 5.17. The number of esters is 1. The van der Waals surface area contributed by atoms with E-state index in [0.717, 1.165) is 0 Å². The number of carbonyl (C=O) groups excluding carboxylic acids is 1. The van der Waals surface area contributed by atoms with Gasteiger partial charge in [0.1, 0.15) is 9.63 Å².